The number of carbonyl (C=O) groups excluding carboxylic acids is 1. The summed E-state index contributed by atoms with van der Waals surface area (Å²) in [7, 11) is 0. The van der Waals surface area contributed by atoms with Crippen molar-refractivity contribution >= 4 is 23.5 Å². The standard InChI is InChI=1S/C21H20N4O2S/c26-21(25-18-9-3-5-11-22-18)17-13-16(27-15-7-1-2-8-15)14-20(24-17)28-19-10-4-6-12-23-19/h3-6,9-15H,1-2,7-8H2,(H,22,25,26). The molecule has 0 radical (unpaired) electrons. The summed E-state index contributed by atoms with van der Waals surface area (Å²) < 4.78 is 6.13. The largest absolute Gasteiger partial charge is 0.490 e. The molecule has 3 heterocycles. The molecule has 0 saturated heterocycles. The number of aromatic nitrogens is 3. The molecule has 0 atom stereocenters. The highest BCUT2D eigenvalue weighted by molar-refractivity contribution is 7.99. The molecule has 3 aromatic heterocycles. The number of pyridine rings is 3. The number of ether oxygens (including phenoxy) is 1. The molecule has 0 aromatic carbocycles. The zero-order chi connectivity index (χ0) is 19.2. The Hall–Kier alpha value is -2.93. The van der Waals surface area contributed by atoms with Gasteiger partial charge in [0.1, 0.15) is 27.3 Å². The summed E-state index contributed by atoms with van der Waals surface area (Å²) in [6, 6.07) is 14.6. The van der Waals surface area contributed by atoms with Crippen LogP contribution >= 0.6 is 11.8 Å². The Morgan fingerprint density at radius 2 is 1.79 bits per heavy atom. The minimum atomic E-state index is -0.321. The minimum Gasteiger partial charge on any atom is -0.490 e. The van der Waals surface area contributed by atoms with Gasteiger partial charge in [0, 0.05) is 24.5 Å². The quantitative estimate of drug-likeness (QED) is 0.661. The van der Waals surface area contributed by atoms with Crippen molar-refractivity contribution in [1.82, 2.24) is 15.0 Å². The first-order valence-electron chi connectivity index (χ1n) is 9.26. The van der Waals surface area contributed by atoms with Crippen molar-refractivity contribution in [3.63, 3.8) is 0 Å². The molecule has 6 nitrogen and oxygen atoms in total. The summed E-state index contributed by atoms with van der Waals surface area (Å²) >= 11 is 1.40. The van der Waals surface area contributed by atoms with Crippen molar-refractivity contribution in [1.29, 1.82) is 0 Å². The van der Waals surface area contributed by atoms with Crippen LogP contribution in [0.3, 0.4) is 0 Å². The van der Waals surface area contributed by atoms with Crippen molar-refractivity contribution in [2.75, 3.05) is 5.32 Å². The first-order chi connectivity index (χ1) is 13.8. The smallest absolute Gasteiger partial charge is 0.275 e. The minimum absolute atomic E-state index is 0.196. The molecule has 142 valence electrons. The van der Waals surface area contributed by atoms with Crippen LogP contribution in [0.1, 0.15) is 36.2 Å². The van der Waals surface area contributed by atoms with Crippen LogP contribution in [0.2, 0.25) is 0 Å². The number of rotatable bonds is 6. The summed E-state index contributed by atoms with van der Waals surface area (Å²) in [5.41, 5.74) is 0.291. The van der Waals surface area contributed by atoms with Crippen molar-refractivity contribution < 1.29 is 9.53 Å². The molecule has 0 unspecified atom stereocenters. The second-order valence-corrected chi connectivity index (χ2v) is 7.53. The van der Waals surface area contributed by atoms with Crippen LogP contribution in [0.25, 0.3) is 0 Å². The van der Waals surface area contributed by atoms with E-state index in [1.165, 1.54) is 24.6 Å². The summed E-state index contributed by atoms with van der Waals surface area (Å²) in [6.45, 7) is 0. The van der Waals surface area contributed by atoms with Gasteiger partial charge in [0.15, 0.2) is 0 Å². The maximum Gasteiger partial charge on any atom is 0.275 e. The fourth-order valence-corrected chi connectivity index (χ4v) is 3.84. The number of amides is 1. The van der Waals surface area contributed by atoms with E-state index in [2.05, 4.69) is 20.3 Å². The number of nitrogens with one attached hydrogen (secondary N) is 1. The summed E-state index contributed by atoms with van der Waals surface area (Å²) in [5, 5.41) is 4.25. The van der Waals surface area contributed by atoms with E-state index >= 15 is 0 Å². The van der Waals surface area contributed by atoms with Crippen molar-refractivity contribution in [3.8, 4) is 5.75 Å². The second kappa shape index (κ2) is 8.84. The molecule has 1 aliphatic carbocycles. The number of hydrogen-bond donors (Lipinski definition) is 1. The highest BCUT2D eigenvalue weighted by Gasteiger charge is 2.19. The van der Waals surface area contributed by atoms with E-state index in [1.807, 2.05) is 30.3 Å². The van der Waals surface area contributed by atoms with Gasteiger partial charge in [-0.2, -0.15) is 0 Å². The maximum atomic E-state index is 12.7. The lowest BCUT2D eigenvalue weighted by molar-refractivity contribution is 0.102. The third-order valence-corrected chi connectivity index (χ3v) is 5.24. The third kappa shape index (κ3) is 4.86. The average molecular weight is 392 g/mol. The lowest BCUT2D eigenvalue weighted by Gasteiger charge is -2.15. The van der Waals surface area contributed by atoms with Crippen LogP contribution in [0.15, 0.2) is 71.0 Å². The van der Waals surface area contributed by atoms with Crippen LogP contribution in [-0.2, 0) is 0 Å². The molecule has 1 N–H and O–H groups in total. The third-order valence-electron chi connectivity index (χ3n) is 4.37. The molecule has 28 heavy (non-hydrogen) atoms. The molecular weight excluding hydrogens is 372 g/mol. The molecule has 3 aromatic rings. The lowest BCUT2D eigenvalue weighted by atomic mass is 10.3. The Morgan fingerprint density at radius 1 is 1.00 bits per heavy atom. The van der Waals surface area contributed by atoms with Crippen molar-refractivity contribution in [2.45, 2.75) is 41.8 Å². The highest BCUT2D eigenvalue weighted by Crippen LogP contribution is 2.30. The zero-order valence-electron chi connectivity index (χ0n) is 15.2. The van der Waals surface area contributed by atoms with E-state index in [-0.39, 0.29) is 12.0 Å². The molecule has 0 spiro atoms. The lowest BCUT2D eigenvalue weighted by Crippen LogP contribution is -2.16. The van der Waals surface area contributed by atoms with Gasteiger partial charge in [0.05, 0.1) is 6.10 Å². The van der Waals surface area contributed by atoms with Crippen LogP contribution in [0, 0.1) is 0 Å². The van der Waals surface area contributed by atoms with Gasteiger partial charge in [-0.25, -0.2) is 15.0 Å². The van der Waals surface area contributed by atoms with E-state index < -0.39 is 0 Å². The summed E-state index contributed by atoms with van der Waals surface area (Å²) in [5.74, 6) is 0.820. The van der Waals surface area contributed by atoms with Gasteiger partial charge in [-0.05, 0) is 61.7 Å². The average Bonchev–Trinajstić information content (AvgIpc) is 3.22. The van der Waals surface area contributed by atoms with E-state index in [0.717, 1.165) is 17.9 Å². The van der Waals surface area contributed by atoms with E-state index in [1.54, 1.807) is 30.6 Å². The van der Waals surface area contributed by atoms with Gasteiger partial charge >= 0.3 is 0 Å². The Morgan fingerprint density at radius 3 is 2.50 bits per heavy atom. The van der Waals surface area contributed by atoms with Gasteiger partial charge in [0.2, 0.25) is 0 Å². The van der Waals surface area contributed by atoms with E-state index in [0.29, 0.717) is 22.3 Å². The molecular formula is C21H20N4O2S. The molecule has 7 heteroatoms. The van der Waals surface area contributed by atoms with Gasteiger partial charge in [-0.15, -0.1) is 0 Å². The summed E-state index contributed by atoms with van der Waals surface area (Å²) in [4.78, 5) is 25.7. The molecule has 1 amide bonds. The molecule has 0 aliphatic heterocycles. The fraction of sp³-hybridized carbons (Fsp3) is 0.238. The first-order valence-corrected chi connectivity index (χ1v) is 10.1. The molecule has 1 saturated carbocycles. The second-order valence-electron chi connectivity index (χ2n) is 6.49. The number of nitrogens with zero attached hydrogens (tertiary/aromatic N) is 3. The number of anilines is 1. The predicted molar refractivity (Wildman–Crippen MR) is 108 cm³/mol. The normalized spacial score (nSPS) is 14.0. The van der Waals surface area contributed by atoms with Gasteiger partial charge in [-0.3, -0.25) is 4.79 Å². The monoisotopic (exact) mass is 392 g/mol. The van der Waals surface area contributed by atoms with Crippen LogP contribution in [0.4, 0.5) is 5.82 Å². The number of carbonyl (C=O) groups is 1. The number of hydrogen-bond acceptors (Lipinski definition) is 6. The van der Waals surface area contributed by atoms with E-state index in [9.17, 15) is 4.79 Å². The predicted octanol–water partition coefficient (Wildman–Crippen LogP) is 4.60. The molecule has 1 fully saturated rings. The van der Waals surface area contributed by atoms with Crippen LogP contribution in [0.5, 0.6) is 5.75 Å². The molecule has 0 bridgehead atoms. The topological polar surface area (TPSA) is 77.0 Å². The Balaban J connectivity index is 1.59. The van der Waals surface area contributed by atoms with Crippen molar-refractivity contribution in [3.05, 3.63) is 66.6 Å². The highest BCUT2D eigenvalue weighted by atomic mass is 32.2. The van der Waals surface area contributed by atoms with Gasteiger partial charge < -0.3 is 10.1 Å². The Labute approximate surface area is 167 Å². The Kier molecular flexibility index (Phi) is 5.82. The van der Waals surface area contributed by atoms with E-state index in [4.69, 9.17) is 4.74 Å². The van der Waals surface area contributed by atoms with Crippen LogP contribution < -0.4 is 10.1 Å². The van der Waals surface area contributed by atoms with Crippen LogP contribution in [-0.4, -0.2) is 27.0 Å². The zero-order valence-corrected chi connectivity index (χ0v) is 16.1. The first kappa shape index (κ1) is 18.4. The van der Waals surface area contributed by atoms with Gasteiger partial charge in [-0.1, -0.05) is 12.1 Å². The molecule has 4 rings (SSSR count). The maximum absolute atomic E-state index is 12.7. The Bertz CT molecular complexity index is 932. The van der Waals surface area contributed by atoms with Gasteiger partial charge in [0.25, 0.3) is 5.91 Å². The summed E-state index contributed by atoms with van der Waals surface area (Å²) in [6.07, 6.45) is 8.00. The molecule has 1 aliphatic rings. The van der Waals surface area contributed by atoms with Crippen molar-refractivity contribution in [2.24, 2.45) is 0 Å². The fourth-order valence-electron chi connectivity index (χ4n) is 3.05. The SMILES string of the molecule is O=C(Nc1ccccn1)c1cc(OC2CCCC2)cc(Sc2ccccn2)n1.